The summed E-state index contributed by atoms with van der Waals surface area (Å²) >= 11 is 0. The summed E-state index contributed by atoms with van der Waals surface area (Å²) in [5.41, 5.74) is 8.13. The number of rotatable bonds is 5. The van der Waals surface area contributed by atoms with Crippen LogP contribution in [0.15, 0.2) is 152 Å². The third-order valence-electron chi connectivity index (χ3n) is 6.72. The molecule has 0 saturated carbocycles. The van der Waals surface area contributed by atoms with Crippen molar-refractivity contribution < 1.29 is 18.8 Å². The molecule has 0 amide bonds. The quantitative estimate of drug-likeness (QED) is 0.218. The van der Waals surface area contributed by atoms with E-state index in [4.69, 9.17) is 0 Å². The van der Waals surface area contributed by atoms with Crippen molar-refractivity contribution in [2.75, 3.05) is 0 Å². The van der Waals surface area contributed by atoms with Crippen molar-refractivity contribution in [3.8, 4) is 44.5 Å². The minimum atomic E-state index is -1.82. The van der Waals surface area contributed by atoms with E-state index in [1.807, 2.05) is 84.9 Å². The summed E-state index contributed by atoms with van der Waals surface area (Å²) in [5, 5.41) is 18.4. The SMILES string of the molecule is Fc1ccc(-c2cccc(-c3ccccc3)c2)cc1.OB(O)c1cc(-c2cccc(-c3ccccc3)c2)ccc1F. The molecule has 0 aromatic heterocycles. The number of benzene rings is 6. The lowest BCUT2D eigenvalue weighted by Gasteiger charge is -2.08. The maximum atomic E-state index is 13.6. The summed E-state index contributed by atoms with van der Waals surface area (Å²) in [4.78, 5) is 0. The Morgan fingerprint density at radius 2 is 0.732 bits per heavy atom. The van der Waals surface area contributed by atoms with Crippen molar-refractivity contribution in [3.63, 3.8) is 0 Å². The van der Waals surface area contributed by atoms with Crippen LogP contribution >= 0.6 is 0 Å². The van der Waals surface area contributed by atoms with E-state index < -0.39 is 12.9 Å². The summed E-state index contributed by atoms with van der Waals surface area (Å²) in [5.74, 6) is -0.832. The highest BCUT2D eigenvalue weighted by atomic mass is 19.1. The molecule has 6 rings (SSSR count). The van der Waals surface area contributed by atoms with Gasteiger partial charge in [0.05, 0.1) is 0 Å². The molecule has 0 spiro atoms. The van der Waals surface area contributed by atoms with E-state index in [2.05, 4.69) is 24.3 Å². The van der Waals surface area contributed by atoms with Gasteiger partial charge in [-0.25, -0.2) is 8.78 Å². The van der Waals surface area contributed by atoms with Crippen LogP contribution in [0.25, 0.3) is 44.5 Å². The van der Waals surface area contributed by atoms with Crippen LogP contribution < -0.4 is 5.46 Å². The molecule has 0 aliphatic heterocycles. The van der Waals surface area contributed by atoms with E-state index in [-0.39, 0.29) is 11.3 Å². The van der Waals surface area contributed by atoms with Gasteiger partial charge in [-0.2, -0.15) is 0 Å². The van der Waals surface area contributed by atoms with Crippen LogP contribution in [0.1, 0.15) is 0 Å². The highest BCUT2D eigenvalue weighted by Gasteiger charge is 2.17. The van der Waals surface area contributed by atoms with Crippen molar-refractivity contribution in [1.29, 1.82) is 0 Å². The Morgan fingerprint density at radius 3 is 1.20 bits per heavy atom. The van der Waals surface area contributed by atoms with Crippen LogP contribution in [-0.2, 0) is 0 Å². The Morgan fingerprint density at radius 1 is 0.366 bits per heavy atom. The minimum Gasteiger partial charge on any atom is -0.423 e. The lowest BCUT2D eigenvalue weighted by Crippen LogP contribution is -2.32. The van der Waals surface area contributed by atoms with Gasteiger partial charge in [-0.3, -0.25) is 0 Å². The first-order valence-corrected chi connectivity index (χ1v) is 13.2. The highest BCUT2D eigenvalue weighted by molar-refractivity contribution is 6.58. The molecule has 0 unspecified atom stereocenters. The number of hydrogen-bond donors (Lipinski definition) is 2. The Hall–Kier alpha value is -4.84. The zero-order valence-corrected chi connectivity index (χ0v) is 22.2. The van der Waals surface area contributed by atoms with E-state index in [1.165, 1.54) is 35.4 Å². The molecule has 0 heterocycles. The van der Waals surface area contributed by atoms with Crippen molar-refractivity contribution in [2.24, 2.45) is 0 Å². The molecule has 0 fully saturated rings. The molecule has 6 aromatic rings. The molecular formula is C36H27BF2O2. The van der Waals surface area contributed by atoms with Gasteiger partial charge in [-0.1, -0.05) is 121 Å². The molecule has 0 bridgehead atoms. The predicted molar refractivity (Wildman–Crippen MR) is 164 cm³/mol. The molecule has 6 aromatic carbocycles. The zero-order chi connectivity index (χ0) is 28.6. The van der Waals surface area contributed by atoms with Crippen molar-refractivity contribution in [3.05, 3.63) is 163 Å². The van der Waals surface area contributed by atoms with Gasteiger partial charge in [-0.15, -0.1) is 0 Å². The molecule has 200 valence electrons. The lowest BCUT2D eigenvalue weighted by atomic mass is 9.78. The van der Waals surface area contributed by atoms with Crippen LogP contribution in [0.5, 0.6) is 0 Å². The summed E-state index contributed by atoms with van der Waals surface area (Å²) < 4.78 is 26.5. The zero-order valence-electron chi connectivity index (χ0n) is 22.2. The average molecular weight is 540 g/mol. The third kappa shape index (κ3) is 7.03. The topological polar surface area (TPSA) is 40.5 Å². The van der Waals surface area contributed by atoms with Crippen LogP contribution in [0.2, 0.25) is 0 Å². The van der Waals surface area contributed by atoms with E-state index >= 15 is 0 Å². The Kier molecular flexibility index (Phi) is 8.80. The Balaban J connectivity index is 0.000000166. The standard InChI is InChI=1S/C18H14BFO2.C18H13F/c20-18-10-9-16(12-17(18)19(21)22)15-8-4-7-14(11-15)13-5-2-1-3-6-13;19-18-11-9-15(10-12-18)17-8-4-7-16(13-17)14-5-2-1-3-6-14/h1-12,21-22H;1-13H. The fourth-order valence-corrected chi connectivity index (χ4v) is 4.58. The minimum absolute atomic E-state index is 0.123. The normalized spacial score (nSPS) is 10.4. The summed E-state index contributed by atoms with van der Waals surface area (Å²) in [7, 11) is -1.82. The first kappa shape index (κ1) is 27.7. The van der Waals surface area contributed by atoms with Gasteiger partial charge < -0.3 is 10.0 Å². The number of halogens is 2. The summed E-state index contributed by atoms with van der Waals surface area (Å²) in [6.45, 7) is 0. The van der Waals surface area contributed by atoms with Gasteiger partial charge in [-0.05, 0) is 74.8 Å². The second kappa shape index (κ2) is 13.0. The maximum absolute atomic E-state index is 13.6. The predicted octanol–water partition coefficient (Wildman–Crippen LogP) is 8.00. The van der Waals surface area contributed by atoms with E-state index in [1.54, 1.807) is 18.2 Å². The molecule has 2 nitrogen and oxygen atoms in total. The second-order valence-corrected chi connectivity index (χ2v) is 9.51. The fourth-order valence-electron chi connectivity index (χ4n) is 4.58. The summed E-state index contributed by atoms with van der Waals surface area (Å²) in [6.07, 6.45) is 0. The van der Waals surface area contributed by atoms with Gasteiger partial charge in [0, 0.05) is 5.46 Å². The van der Waals surface area contributed by atoms with Crippen LogP contribution in [-0.4, -0.2) is 17.2 Å². The Labute approximate surface area is 239 Å². The van der Waals surface area contributed by atoms with Gasteiger partial charge in [0.25, 0.3) is 0 Å². The largest absolute Gasteiger partial charge is 0.491 e. The molecule has 0 aliphatic rings. The van der Waals surface area contributed by atoms with Crippen molar-refractivity contribution >= 4 is 12.6 Å². The Bertz CT molecular complexity index is 1720. The van der Waals surface area contributed by atoms with Crippen molar-refractivity contribution in [2.45, 2.75) is 0 Å². The lowest BCUT2D eigenvalue weighted by molar-refractivity contribution is 0.423. The summed E-state index contributed by atoms with van der Waals surface area (Å²) in [6, 6.07) is 47.2. The highest BCUT2D eigenvalue weighted by Crippen LogP contribution is 2.27. The molecule has 0 saturated heterocycles. The average Bonchev–Trinajstić information content (AvgIpc) is 3.03. The monoisotopic (exact) mass is 540 g/mol. The van der Waals surface area contributed by atoms with E-state index in [9.17, 15) is 18.8 Å². The molecule has 0 radical (unpaired) electrons. The van der Waals surface area contributed by atoms with E-state index in [0.29, 0.717) is 0 Å². The molecule has 5 heteroatoms. The molecule has 0 aliphatic carbocycles. The van der Waals surface area contributed by atoms with Gasteiger partial charge in [0.2, 0.25) is 0 Å². The van der Waals surface area contributed by atoms with Crippen LogP contribution in [0, 0.1) is 11.6 Å². The van der Waals surface area contributed by atoms with Gasteiger partial charge in [0.1, 0.15) is 11.6 Å². The molecular weight excluding hydrogens is 513 g/mol. The maximum Gasteiger partial charge on any atom is 0.491 e. The molecule has 41 heavy (non-hydrogen) atoms. The van der Waals surface area contributed by atoms with Crippen molar-refractivity contribution in [1.82, 2.24) is 0 Å². The molecule has 2 N–H and O–H groups in total. The molecule has 0 atom stereocenters. The first-order valence-electron chi connectivity index (χ1n) is 13.2. The van der Waals surface area contributed by atoms with E-state index in [0.717, 1.165) is 33.4 Å². The van der Waals surface area contributed by atoms with Crippen LogP contribution in [0.4, 0.5) is 8.78 Å². The van der Waals surface area contributed by atoms with Gasteiger partial charge in [0.15, 0.2) is 0 Å². The smallest absolute Gasteiger partial charge is 0.423 e. The number of hydrogen-bond acceptors (Lipinski definition) is 2. The van der Waals surface area contributed by atoms with Gasteiger partial charge >= 0.3 is 7.12 Å². The second-order valence-electron chi connectivity index (χ2n) is 9.51. The third-order valence-corrected chi connectivity index (χ3v) is 6.72. The van der Waals surface area contributed by atoms with Crippen LogP contribution in [0.3, 0.4) is 0 Å². The first-order chi connectivity index (χ1) is 20.0. The fraction of sp³-hybridized carbons (Fsp3) is 0.